The van der Waals surface area contributed by atoms with Crippen molar-refractivity contribution in [1.82, 2.24) is 4.57 Å². The summed E-state index contributed by atoms with van der Waals surface area (Å²) in [5.74, 6) is 42.5. The first-order valence-corrected chi connectivity index (χ1v) is 39.4. The van der Waals surface area contributed by atoms with Crippen molar-refractivity contribution in [3.63, 3.8) is 0 Å². The zero-order valence-corrected chi connectivity index (χ0v) is 62.7. The van der Waals surface area contributed by atoms with Gasteiger partial charge in [0.05, 0.1) is 16.0 Å². The van der Waals surface area contributed by atoms with Crippen molar-refractivity contribution < 1.29 is 19.3 Å². The van der Waals surface area contributed by atoms with Crippen molar-refractivity contribution >= 4 is 113 Å². The summed E-state index contributed by atoms with van der Waals surface area (Å²) in [5, 5.41) is 18.2. The molecule has 514 valence electrons. The lowest BCUT2D eigenvalue weighted by atomic mass is 10.1. The molecular weight excluding hydrogens is 1390 g/mol. The smallest absolute Gasteiger partial charge is 0.269 e. The molecule has 0 aliphatic carbocycles. The number of benzene rings is 12. The Labute approximate surface area is 638 Å². The Bertz CT molecular complexity index is 5700. The molecule has 0 spiro atoms. The van der Waals surface area contributed by atoms with Gasteiger partial charge >= 0.3 is 0 Å². The van der Waals surface area contributed by atoms with Crippen LogP contribution in [0, 0.1) is 81.2 Å². The summed E-state index contributed by atoms with van der Waals surface area (Å²) in [4.78, 5) is 48.5. The lowest BCUT2D eigenvalue weighted by Gasteiger charge is -2.34. The van der Waals surface area contributed by atoms with Gasteiger partial charge in [0.1, 0.15) is 0 Å². The number of nitro groups is 1. The van der Waals surface area contributed by atoms with Gasteiger partial charge < -0.3 is 9.47 Å². The highest BCUT2D eigenvalue weighted by Crippen LogP contribution is 2.34. The second kappa shape index (κ2) is 33.8. The van der Waals surface area contributed by atoms with Crippen molar-refractivity contribution in [3.8, 4) is 76.7 Å². The van der Waals surface area contributed by atoms with Crippen LogP contribution in [0.3, 0.4) is 0 Å². The number of carbonyl (C=O) groups excluding carboxylic acids is 3. The zero-order valence-electron chi connectivity index (χ0n) is 59.3. The highest BCUT2D eigenvalue weighted by Gasteiger charge is 2.41. The third-order valence-electron chi connectivity index (χ3n) is 17.8. The molecule has 1 heterocycles. The molecule has 0 fully saturated rings. The van der Waals surface area contributed by atoms with Gasteiger partial charge in [-0.25, -0.2) is 0 Å². The molecule has 13 aromatic rings. The summed E-state index contributed by atoms with van der Waals surface area (Å²) in [6.07, 6.45) is 0. The van der Waals surface area contributed by atoms with E-state index < -0.39 is 13.0 Å². The van der Waals surface area contributed by atoms with Crippen LogP contribution in [-0.4, -0.2) is 47.0 Å². The van der Waals surface area contributed by atoms with Crippen LogP contribution in [0.5, 0.6) is 0 Å². The fourth-order valence-corrected chi connectivity index (χ4v) is 18.8. The van der Waals surface area contributed by atoms with Gasteiger partial charge in [0.15, 0.2) is 23.4 Å². The van der Waals surface area contributed by atoms with Crippen LogP contribution < -0.4 is 25.6 Å². The molecule has 0 saturated carbocycles. The van der Waals surface area contributed by atoms with Gasteiger partial charge in [0.25, 0.3) is 5.69 Å². The number of hydrogen-bond donors (Lipinski definition) is 0. The van der Waals surface area contributed by atoms with Gasteiger partial charge in [-0.3, -0.25) is 24.5 Å². The van der Waals surface area contributed by atoms with E-state index in [1.165, 1.54) is 47.4 Å². The van der Waals surface area contributed by atoms with Gasteiger partial charge in [-0.05, 0) is 207 Å². The van der Waals surface area contributed by atoms with E-state index in [4.69, 9.17) is 0 Å². The van der Waals surface area contributed by atoms with Crippen LogP contribution in [0.25, 0.3) is 27.5 Å². The minimum absolute atomic E-state index is 0.0110. The predicted molar refractivity (Wildman–Crippen MR) is 446 cm³/mol. The van der Waals surface area contributed by atoms with E-state index in [1.807, 2.05) is 105 Å². The first-order chi connectivity index (χ1) is 52.0. The maximum atomic E-state index is 11.8. The third kappa shape index (κ3) is 18.3. The molecule has 8 nitrogen and oxygen atoms in total. The van der Waals surface area contributed by atoms with Gasteiger partial charge in [-0.1, -0.05) is 203 Å². The fraction of sp³-hybridized carbons (Fsp3) is 0.0842. The largest absolute Gasteiger partial charge is 0.378 e. The van der Waals surface area contributed by atoms with Crippen molar-refractivity contribution in [3.05, 3.63) is 373 Å². The van der Waals surface area contributed by atoms with Crippen LogP contribution in [0.1, 0.15) is 104 Å². The Morgan fingerprint density at radius 2 is 0.607 bits per heavy atom. The molecule has 12 aromatic carbocycles. The van der Waals surface area contributed by atoms with Crippen LogP contribution in [-0.2, 0) is 31.6 Å². The lowest BCUT2D eigenvalue weighted by molar-refractivity contribution is -0.384. The van der Waals surface area contributed by atoms with E-state index in [0.717, 1.165) is 132 Å². The highest BCUT2D eigenvalue weighted by atomic mass is 32.2. The van der Waals surface area contributed by atoms with Crippen LogP contribution >= 0.6 is 35.3 Å². The van der Waals surface area contributed by atoms with Crippen molar-refractivity contribution in [2.45, 2.75) is 38.0 Å². The van der Waals surface area contributed by atoms with E-state index in [1.54, 1.807) is 32.9 Å². The van der Waals surface area contributed by atoms with E-state index in [2.05, 4.69) is 244 Å². The Morgan fingerprint density at radius 1 is 0.346 bits per heavy atom. The average molecular weight is 1450 g/mol. The van der Waals surface area contributed by atoms with Gasteiger partial charge in [-0.2, -0.15) is 0 Å². The number of nitro benzene ring substituents is 1. The molecule has 107 heavy (non-hydrogen) atoms. The normalized spacial score (nSPS) is 10.6. The quantitative estimate of drug-likeness (QED) is 0.0367. The molecule has 0 unspecified atom stereocenters. The Hall–Kier alpha value is -12.7. The Balaban J connectivity index is 0.878. The third-order valence-corrected chi connectivity index (χ3v) is 25.3. The summed E-state index contributed by atoms with van der Waals surface area (Å²) < 4.78 is 2.24. The van der Waals surface area contributed by atoms with E-state index in [9.17, 15) is 24.5 Å². The molecule has 0 saturated heterocycles. The number of rotatable bonds is 13. The summed E-state index contributed by atoms with van der Waals surface area (Å²) in [6.45, 7) is 4.75. The van der Waals surface area contributed by atoms with Gasteiger partial charge in [0, 0.05) is 153 Å². The maximum Gasteiger partial charge on any atom is 0.269 e. The molecule has 0 aliphatic rings. The molecule has 0 aliphatic heterocycles. The Kier molecular flexibility index (Phi) is 22.9. The number of thioether (sulfide) groups is 3. The second-order valence-corrected chi connectivity index (χ2v) is 32.9. The monoisotopic (exact) mass is 1450 g/mol. The van der Waals surface area contributed by atoms with Crippen molar-refractivity contribution in [2.24, 2.45) is 0 Å². The maximum absolute atomic E-state index is 11.8. The van der Waals surface area contributed by atoms with Crippen molar-refractivity contribution in [1.29, 1.82) is 0 Å². The summed E-state index contributed by atoms with van der Waals surface area (Å²) in [6, 6.07) is 94.0. The summed E-state index contributed by atoms with van der Waals surface area (Å²) in [7, 11) is 0.768. The van der Waals surface area contributed by atoms with E-state index >= 15 is 0 Å². The van der Waals surface area contributed by atoms with Crippen LogP contribution in [0.2, 0.25) is 0 Å². The first-order valence-electron chi connectivity index (χ1n) is 34.5. The topological polar surface area (TPSA) is 103 Å². The Morgan fingerprint density at radius 3 is 0.897 bits per heavy atom. The molecule has 0 radical (unpaired) electrons. The molecule has 13 rings (SSSR count). The second-order valence-electron chi connectivity index (χ2n) is 25.6. The van der Waals surface area contributed by atoms with E-state index in [-0.39, 0.29) is 21.0 Å². The van der Waals surface area contributed by atoms with Crippen LogP contribution in [0.15, 0.2) is 279 Å². The summed E-state index contributed by atoms with van der Waals surface area (Å²) >= 11 is 3.85. The first kappa shape index (κ1) is 72.6. The SMILES string of the molecule is CC(=O)SCc1cccc(C#Cc2ccc([Si](c3ccc(C#Cc4ccc(-n5c6cc(C#Cc7ccc(N(C)C)cc7)ccc6c6ccc(C#Cc7ccc([N+](=O)[O-])cc7)cc65)cc4)cc3)(c3ccc(C#Cc4cccc(CSC(C)=O)c4)cc3)c3ccc(C#Cc4cccc(CSC(C)=O)c4)cc3)cc2)c1. The van der Waals surface area contributed by atoms with E-state index in [0.29, 0.717) is 22.8 Å². The average Bonchev–Trinajstić information content (AvgIpc) is 1.42. The fourth-order valence-electron chi connectivity index (χ4n) is 12.5. The number of anilines is 1. The standard InChI is InChI=1S/C95H67N3O5S3Si/c1-67(99)104-64-82-12-6-9-77(59-82)22-17-74-35-51-89(52-36-74)107(90-53-37-75(38-54-90)18-23-78-10-7-13-83(60-78)65-105-68(2)100,91-55-39-76(40-56-91)19-24-79-11-8-14-84(61-79)66-106-69(3)101)88-49-33-73(34-50-88)16-15-70-29-45-86(46-30-70)97-94-62-80(25-20-71-27-43-85(44-28-71)96(4)5)41-57-92(94)93-58-42-81(63-95(93)97)26-21-72-31-47-87(48-32-72)98(102)103/h6-14,27-63H,64-66H2,1-5H3. The minimum Gasteiger partial charge on any atom is -0.378 e. The molecule has 0 bridgehead atoms. The van der Waals surface area contributed by atoms with Gasteiger partial charge in [0.2, 0.25) is 0 Å². The zero-order chi connectivity index (χ0) is 74.2. The minimum atomic E-state index is -3.27. The molecule has 0 N–H and O–H groups in total. The number of carbonyl (C=O) groups is 3. The molecule has 12 heteroatoms. The van der Waals surface area contributed by atoms with Crippen LogP contribution in [0.4, 0.5) is 11.4 Å². The number of non-ortho nitro benzene ring substituents is 1. The van der Waals surface area contributed by atoms with Gasteiger partial charge in [-0.15, -0.1) is 0 Å². The summed E-state index contributed by atoms with van der Waals surface area (Å²) in [5.41, 5.74) is 17.1. The number of fused-ring (bicyclic) bond motifs is 3. The molecule has 0 atom stereocenters. The highest BCUT2D eigenvalue weighted by molar-refractivity contribution is 8.13. The number of aromatic nitrogens is 1. The molecule has 0 amide bonds. The predicted octanol–water partition coefficient (Wildman–Crippen LogP) is 16.9. The molecular formula is C95H67N3O5S3Si. The number of nitrogens with zero attached hydrogens (tertiary/aromatic N) is 3. The molecule has 1 aromatic heterocycles. The lowest BCUT2D eigenvalue weighted by Crippen LogP contribution is -2.74. The van der Waals surface area contributed by atoms with Crippen molar-refractivity contribution in [2.75, 3.05) is 19.0 Å². The number of hydrogen-bond acceptors (Lipinski definition) is 9.